The second-order valence-electron chi connectivity index (χ2n) is 8.80. The highest BCUT2D eigenvalue weighted by Gasteiger charge is 2.51. The van der Waals surface area contributed by atoms with Gasteiger partial charge in [-0.2, -0.15) is 0 Å². The van der Waals surface area contributed by atoms with Crippen LogP contribution in [0.3, 0.4) is 0 Å². The molecule has 0 aromatic rings. The fourth-order valence-electron chi connectivity index (χ4n) is 4.41. The first-order chi connectivity index (χ1) is 14.5. The van der Waals surface area contributed by atoms with Crippen molar-refractivity contribution in [3.8, 4) is 0 Å². The summed E-state index contributed by atoms with van der Waals surface area (Å²) >= 11 is 0. The lowest BCUT2D eigenvalue weighted by Gasteiger charge is -2.48. The molecule has 3 aliphatic rings. The lowest BCUT2D eigenvalue weighted by molar-refractivity contribution is -0.318. The van der Waals surface area contributed by atoms with E-state index < -0.39 is 79.0 Å². The molecule has 13 heteroatoms. The van der Waals surface area contributed by atoms with Crippen LogP contribution in [-0.2, 0) is 18.9 Å². The van der Waals surface area contributed by atoms with Crippen molar-refractivity contribution in [1.29, 1.82) is 0 Å². The number of likely N-dealkylation sites (N-methyl/N-ethyl adjacent to an activating group) is 1. The summed E-state index contributed by atoms with van der Waals surface area (Å²) in [5.41, 5.74) is 10.9. The van der Waals surface area contributed by atoms with Crippen LogP contribution in [0.5, 0.6) is 0 Å². The van der Waals surface area contributed by atoms with Gasteiger partial charge in [-0.3, -0.25) is 0 Å². The van der Waals surface area contributed by atoms with E-state index in [2.05, 4.69) is 5.32 Å². The van der Waals surface area contributed by atoms with Gasteiger partial charge in [0.05, 0.1) is 19.3 Å². The van der Waals surface area contributed by atoms with Gasteiger partial charge in [-0.25, -0.2) is 0 Å². The minimum Gasteiger partial charge on any atom is -0.388 e. The average Bonchev–Trinajstić information content (AvgIpc) is 2.69. The maximum Gasteiger partial charge on any atom is 0.186 e. The number of ether oxygens (including phenoxy) is 4. The van der Waals surface area contributed by atoms with Gasteiger partial charge in [0.15, 0.2) is 12.6 Å². The normalized spacial score (nSPS) is 54.0. The molecule has 13 nitrogen and oxygen atoms in total. The number of nitrogens with one attached hydrogen (secondary N) is 1. The summed E-state index contributed by atoms with van der Waals surface area (Å²) in [4.78, 5) is 0. The van der Waals surface area contributed by atoms with E-state index in [9.17, 15) is 30.6 Å². The van der Waals surface area contributed by atoms with E-state index in [1.807, 2.05) is 0 Å². The van der Waals surface area contributed by atoms with Gasteiger partial charge in [0.2, 0.25) is 0 Å². The molecular weight excluding hydrogens is 418 g/mol. The third kappa shape index (κ3) is 5.04. The largest absolute Gasteiger partial charge is 0.388 e. The minimum absolute atomic E-state index is 0.125. The first-order valence-electron chi connectivity index (χ1n) is 10.3. The van der Waals surface area contributed by atoms with Crippen molar-refractivity contribution >= 4 is 0 Å². The maximum atomic E-state index is 10.9. The van der Waals surface area contributed by atoms with E-state index >= 15 is 0 Å². The Bertz CT molecular complexity index is 601. The number of hydrogen-bond donors (Lipinski definition) is 9. The summed E-state index contributed by atoms with van der Waals surface area (Å²) in [6.07, 6.45) is -11.4. The minimum atomic E-state index is -1.56. The molecule has 1 aliphatic carbocycles. The molecule has 3 rings (SSSR count). The van der Waals surface area contributed by atoms with Crippen LogP contribution in [0.15, 0.2) is 0 Å². The molecule has 0 amide bonds. The van der Waals surface area contributed by atoms with Gasteiger partial charge in [0, 0.05) is 12.1 Å². The van der Waals surface area contributed by atoms with Crippen LogP contribution < -0.4 is 16.8 Å². The zero-order chi connectivity index (χ0) is 23.1. The molecule has 2 aliphatic heterocycles. The van der Waals surface area contributed by atoms with Crippen molar-refractivity contribution in [2.75, 3.05) is 20.3 Å². The molecule has 0 bridgehead atoms. The van der Waals surface area contributed by atoms with Gasteiger partial charge in [0.25, 0.3) is 0 Å². The molecule has 31 heavy (non-hydrogen) atoms. The first kappa shape index (κ1) is 25.1. The Morgan fingerprint density at radius 3 is 1.97 bits per heavy atom. The van der Waals surface area contributed by atoms with E-state index in [4.69, 9.17) is 30.4 Å². The molecule has 0 aromatic heterocycles. The van der Waals surface area contributed by atoms with Gasteiger partial charge in [-0.15, -0.1) is 0 Å². The number of nitrogens with two attached hydrogens (primary N) is 2. The predicted octanol–water partition coefficient (Wildman–Crippen LogP) is -5.33. The zero-order valence-electron chi connectivity index (χ0n) is 17.5. The van der Waals surface area contributed by atoms with Crippen LogP contribution in [0.4, 0.5) is 0 Å². The van der Waals surface area contributed by atoms with Crippen LogP contribution in [0.2, 0.25) is 0 Å². The quantitative estimate of drug-likeness (QED) is 0.190. The molecule has 182 valence electrons. The van der Waals surface area contributed by atoms with E-state index in [0.717, 1.165) is 0 Å². The Hall–Kier alpha value is -0.520. The van der Waals surface area contributed by atoms with Gasteiger partial charge in [-0.1, -0.05) is 0 Å². The number of aliphatic hydroxyl groups is 6. The summed E-state index contributed by atoms with van der Waals surface area (Å²) in [6.45, 7) is 1.12. The summed E-state index contributed by atoms with van der Waals surface area (Å²) in [7, 11) is 1.58. The van der Waals surface area contributed by atoms with Crippen LogP contribution in [0.1, 0.15) is 13.3 Å². The van der Waals surface area contributed by atoms with Gasteiger partial charge in [0.1, 0.15) is 48.3 Å². The maximum absolute atomic E-state index is 10.9. The number of hydrogen-bond acceptors (Lipinski definition) is 13. The third-order valence-electron chi connectivity index (χ3n) is 6.24. The van der Waals surface area contributed by atoms with E-state index in [-0.39, 0.29) is 19.6 Å². The monoisotopic (exact) mass is 453 g/mol. The summed E-state index contributed by atoms with van der Waals surface area (Å²) < 4.78 is 22.1. The van der Waals surface area contributed by atoms with E-state index in [1.54, 1.807) is 7.05 Å². The fraction of sp³-hybridized carbons (Fsp3) is 1.00. The summed E-state index contributed by atoms with van der Waals surface area (Å²) in [5.74, 6) is 0. The molecule has 0 radical (unpaired) electrons. The molecule has 0 spiro atoms. The molecule has 3 fully saturated rings. The van der Waals surface area contributed by atoms with Crippen molar-refractivity contribution in [3.05, 3.63) is 0 Å². The molecule has 0 aromatic carbocycles. The highest BCUT2D eigenvalue weighted by Crippen LogP contribution is 2.31. The molecule has 13 atom stereocenters. The van der Waals surface area contributed by atoms with Crippen molar-refractivity contribution in [2.24, 2.45) is 11.5 Å². The zero-order valence-corrected chi connectivity index (χ0v) is 17.5. The highest BCUT2D eigenvalue weighted by molar-refractivity contribution is 5.02. The topological polar surface area (TPSA) is 222 Å². The summed E-state index contributed by atoms with van der Waals surface area (Å²) in [6, 6.07) is -2.22. The van der Waals surface area contributed by atoms with Gasteiger partial charge < -0.3 is 66.4 Å². The fourth-order valence-corrected chi connectivity index (χ4v) is 4.41. The van der Waals surface area contributed by atoms with Crippen molar-refractivity contribution in [3.63, 3.8) is 0 Å². The van der Waals surface area contributed by atoms with Crippen LogP contribution in [0, 0.1) is 0 Å². The molecular formula is C18H35N3O10. The predicted molar refractivity (Wildman–Crippen MR) is 103 cm³/mol. The molecule has 2 heterocycles. The Kier molecular flexibility index (Phi) is 7.91. The van der Waals surface area contributed by atoms with Crippen molar-refractivity contribution in [1.82, 2.24) is 5.32 Å². The number of rotatable bonds is 5. The van der Waals surface area contributed by atoms with E-state index in [1.165, 1.54) is 6.92 Å². The molecule has 2 saturated heterocycles. The van der Waals surface area contributed by atoms with Crippen LogP contribution >= 0.6 is 0 Å². The Morgan fingerprint density at radius 1 is 0.871 bits per heavy atom. The third-order valence-corrected chi connectivity index (χ3v) is 6.24. The Labute approximate surface area is 179 Å². The molecule has 11 N–H and O–H groups in total. The van der Waals surface area contributed by atoms with Crippen molar-refractivity contribution in [2.45, 2.75) is 92.4 Å². The second-order valence-corrected chi connectivity index (χ2v) is 8.80. The lowest BCUT2D eigenvalue weighted by Crippen LogP contribution is -2.68. The smallest absolute Gasteiger partial charge is 0.186 e. The Balaban J connectivity index is 1.69. The highest BCUT2D eigenvalue weighted by atomic mass is 16.7. The molecule has 0 unspecified atom stereocenters. The molecule has 1 saturated carbocycles. The van der Waals surface area contributed by atoms with Gasteiger partial charge in [-0.05, 0) is 20.4 Å². The summed E-state index contributed by atoms with van der Waals surface area (Å²) in [5, 5.41) is 64.2. The SMILES string of the molecule is CN[C@@H]1[C@@H](O)[C@@H](O[C@@H]2[C@@H](O)[C@H](O[C@@H]3OC[C@@H](O)[C@@H](O)[C@@H]3O)[C@@H](N)C[C@H]2N)OC[C@]1(C)O. The standard InChI is InChI=1S/C18H35N3O10/c1-18(27)5-29-17(12(26)15(18)21-2)31-14-7(20)3-6(19)13(11(14)25)30-16-10(24)9(23)8(22)4-28-16/h6-17,21-27H,3-5,19-20H2,1-2H3/t6-,7+,8+,9+,10-,11-,12+,13+,14-,15+,16-,17+,18-/m0/s1. The van der Waals surface area contributed by atoms with Gasteiger partial charge >= 0.3 is 0 Å². The lowest BCUT2D eigenvalue weighted by atomic mass is 9.84. The van der Waals surface area contributed by atoms with E-state index in [0.29, 0.717) is 0 Å². The number of aliphatic hydroxyl groups excluding tert-OH is 5. The van der Waals surface area contributed by atoms with Crippen LogP contribution in [-0.4, -0.2) is 130 Å². The second kappa shape index (κ2) is 9.77. The first-order valence-corrected chi connectivity index (χ1v) is 10.3. The van der Waals surface area contributed by atoms with Crippen molar-refractivity contribution < 1.29 is 49.6 Å². The average molecular weight is 453 g/mol. The van der Waals surface area contributed by atoms with Crippen LogP contribution in [0.25, 0.3) is 0 Å². The Morgan fingerprint density at radius 2 is 1.42 bits per heavy atom.